The van der Waals surface area contributed by atoms with E-state index in [-0.39, 0.29) is 12.0 Å². The molecule has 2 rings (SSSR count). The van der Waals surface area contributed by atoms with Gasteiger partial charge in [-0.05, 0) is 43.2 Å². The number of halogens is 3. The normalized spacial score (nSPS) is 12.2. The first-order valence-corrected chi connectivity index (χ1v) is 6.85. The standard InChI is InChI=1S/C16H15ClF2O/c1-2-20-12-8-6-11(7-9-12)14(17)10-13-15(18)4-3-5-16(13)19/h3-9,14H,2,10H2,1H3. The van der Waals surface area contributed by atoms with Crippen LogP contribution in [-0.2, 0) is 6.42 Å². The monoisotopic (exact) mass is 296 g/mol. The van der Waals surface area contributed by atoms with Crippen molar-refractivity contribution in [3.05, 3.63) is 65.2 Å². The van der Waals surface area contributed by atoms with Crippen molar-refractivity contribution in [3.63, 3.8) is 0 Å². The maximum atomic E-state index is 13.6. The Bertz CT molecular complexity index is 549. The number of alkyl halides is 1. The molecule has 0 N–H and O–H groups in total. The lowest BCUT2D eigenvalue weighted by Crippen LogP contribution is -2.01. The highest BCUT2D eigenvalue weighted by atomic mass is 35.5. The molecular weight excluding hydrogens is 282 g/mol. The van der Waals surface area contributed by atoms with Crippen molar-refractivity contribution in [1.82, 2.24) is 0 Å². The summed E-state index contributed by atoms with van der Waals surface area (Å²) in [6.45, 7) is 2.49. The predicted molar refractivity (Wildman–Crippen MR) is 76.3 cm³/mol. The topological polar surface area (TPSA) is 9.23 Å². The molecule has 20 heavy (non-hydrogen) atoms. The Morgan fingerprint density at radius 1 is 1.05 bits per heavy atom. The second kappa shape index (κ2) is 6.71. The lowest BCUT2D eigenvalue weighted by molar-refractivity contribution is 0.340. The van der Waals surface area contributed by atoms with Crippen LogP contribution >= 0.6 is 11.6 Å². The van der Waals surface area contributed by atoms with Crippen molar-refractivity contribution in [2.45, 2.75) is 18.7 Å². The Morgan fingerprint density at radius 3 is 2.20 bits per heavy atom. The lowest BCUT2D eigenvalue weighted by Gasteiger charge is -2.12. The molecule has 1 atom stereocenters. The van der Waals surface area contributed by atoms with E-state index in [0.717, 1.165) is 11.3 Å². The summed E-state index contributed by atoms with van der Waals surface area (Å²) in [5, 5.41) is -0.489. The van der Waals surface area contributed by atoms with Crippen molar-refractivity contribution >= 4 is 11.6 Å². The second-order valence-corrected chi connectivity index (χ2v) is 4.90. The largest absolute Gasteiger partial charge is 0.494 e. The molecule has 0 saturated heterocycles. The number of hydrogen-bond donors (Lipinski definition) is 0. The molecule has 0 amide bonds. The van der Waals surface area contributed by atoms with E-state index in [1.54, 1.807) is 24.3 Å². The number of ether oxygens (including phenoxy) is 1. The molecule has 1 unspecified atom stereocenters. The molecule has 1 nitrogen and oxygen atoms in total. The van der Waals surface area contributed by atoms with Gasteiger partial charge in [-0.25, -0.2) is 8.78 Å². The molecule has 0 spiro atoms. The van der Waals surface area contributed by atoms with Crippen molar-refractivity contribution in [2.75, 3.05) is 6.61 Å². The summed E-state index contributed by atoms with van der Waals surface area (Å²) >= 11 is 6.24. The third-order valence-corrected chi connectivity index (χ3v) is 3.40. The molecule has 0 aliphatic heterocycles. The molecule has 2 aromatic carbocycles. The van der Waals surface area contributed by atoms with Crippen LogP contribution in [0, 0.1) is 11.6 Å². The summed E-state index contributed by atoms with van der Waals surface area (Å²) in [5.41, 5.74) is 0.819. The number of benzene rings is 2. The first-order chi connectivity index (χ1) is 9.61. The SMILES string of the molecule is CCOc1ccc(C(Cl)Cc2c(F)cccc2F)cc1. The summed E-state index contributed by atoms with van der Waals surface area (Å²) in [5.74, 6) is -0.389. The fraction of sp³-hybridized carbons (Fsp3) is 0.250. The highest BCUT2D eigenvalue weighted by molar-refractivity contribution is 6.20. The Kier molecular flexibility index (Phi) is 4.96. The van der Waals surface area contributed by atoms with Gasteiger partial charge in [-0.3, -0.25) is 0 Å². The predicted octanol–water partition coefficient (Wildman–Crippen LogP) is 4.89. The minimum Gasteiger partial charge on any atom is -0.494 e. The quantitative estimate of drug-likeness (QED) is 0.714. The van der Waals surface area contributed by atoms with Crippen molar-refractivity contribution < 1.29 is 13.5 Å². The van der Waals surface area contributed by atoms with Crippen molar-refractivity contribution in [3.8, 4) is 5.75 Å². The summed E-state index contributed by atoms with van der Waals surface area (Å²) in [7, 11) is 0. The maximum Gasteiger partial charge on any atom is 0.129 e. The van der Waals surface area contributed by atoms with E-state index >= 15 is 0 Å². The van der Waals surface area contributed by atoms with Gasteiger partial charge in [0, 0.05) is 5.56 Å². The van der Waals surface area contributed by atoms with Crippen LogP contribution in [0.4, 0.5) is 8.78 Å². The molecule has 0 heterocycles. The summed E-state index contributed by atoms with van der Waals surface area (Å²) < 4.78 is 32.5. The van der Waals surface area contributed by atoms with E-state index < -0.39 is 17.0 Å². The van der Waals surface area contributed by atoms with Gasteiger partial charge in [-0.15, -0.1) is 11.6 Å². The van der Waals surface area contributed by atoms with Gasteiger partial charge in [0.15, 0.2) is 0 Å². The van der Waals surface area contributed by atoms with Crippen LogP contribution in [0.3, 0.4) is 0 Å². The number of hydrogen-bond acceptors (Lipinski definition) is 1. The highest BCUT2D eigenvalue weighted by Gasteiger charge is 2.15. The minimum atomic E-state index is -0.568. The molecule has 0 aromatic heterocycles. The summed E-state index contributed by atoms with van der Waals surface area (Å²) in [6.07, 6.45) is 0.105. The molecule has 0 radical (unpaired) electrons. The van der Waals surface area contributed by atoms with Gasteiger partial charge in [0.2, 0.25) is 0 Å². The fourth-order valence-electron chi connectivity index (χ4n) is 1.96. The van der Waals surface area contributed by atoms with Crippen LogP contribution in [0.1, 0.15) is 23.4 Å². The van der Waals surface area contributed by atoms with Gasteiger partial charge < -0.3 is 4.74 Å². The second-order valence-electron chi connectivity index (χ2n) is 4.37. The summed E-state index contributed by atoms with van der Waals surface area (Å²) in [4.78, 5) is 0. The molecule has 2 aromatic rings. The smallest absolute Gasteiger partial charge is 0.129 e. The molecule has 0 bridgehead atoms. The molecule has 0 aliphatic carbocycles. The third-order valence-electron chi connectivity index (χ3n) is 3.00. The van der Waals surface area contributed by atoms with Crippen LogP contribution in [-0.4, -0.2) is 6.61 Å². The highest BCUT2D eigenvalue weighted by Crippen LogP contribution is 2.28. The Morgan fingerprint density at radius 2 is 1.65 bits per heavy atom. The van der Waals surface area contributed by atoms with Gasteiger partial charge in [0.1, 0.15) is 17.4 Å². The number of rotatable bonds is 5. The average Bonchev–Trinajstić information content (AvgIpc) is 2.44. The first-order valence-electron chi connectivity index (χ1n) is 6.41. The molecule has 4 heteroatoms. The van der Waals surface area contributed by atoms with E-state index in [1.165, 1.54) is 18.2 Å². The average molecular weight is 297 g/mol. The van der Waals surface area contributed by atoms with E-state index in [9.17, 15) is 8.78 Å². The molecule has 0 fully saturated rings. The third kappa shape index (κ3) is 3.48. The lowest BCUT2D eigenvalue weighted by atomic mass is 10.0. The van der Waals surface area contributed by atoms with Gasteiger partial charge >= 0.3 is 0 Å². The van der Waals surface area contributed by atoms with Crippen LogP contribution in [0.5, 0.6) is 5.75 Å². The van der Waals surface area contributed by atoms with Gasteiger partial charge in [0.25, 0.3) is 0 Å². The zero-order valence-corrected chi connectivity index (χ0v) is 11.8. The molecule has 106 valence electrons. The zero-order valence-electron chi connectivity index (χ0n) is 11.1. The van der Waals surface area contributed by atoms with Crippen LogP contribution < -0.4 is 4.74 Å². The van der Waals surface area contributed by atoms with E-state index in [0.29, 0.717) is 6.61 Å². The Labute approximate surface area is 122 Å². The molecular formula is C16H15ClF2O. The van der Waals surface area contributed by atoms with Crippen LogP contribution in [0.15, 0.2) is 42.5 Å². The van der Waals surface area contributed by atoms with Crippen LogP contribution in [0.25, 0.3) is 0 Å². The van der Waals surface area contributed by atoms with Gasteiger partial charge in [-0.1, -0.05) is 18.2 Å². The Balaban J connectivity index is 2.13. The van der Waals surface area contributed by atoms with Gasteiger partial charge in [-0.2, -0.15) is 0 Å². The van der Waals surface area contributed by atoms with E-state index in [1.807, 2.05) is 6.92 Å². The van der Waals surface area contributed by atoms with Crippen molar-refractivity contribution in [1.29, 1.82) is 0 Å². The Hall–Kier alpha value is -1.61. The first kappa shape index (κ1) is 14.8. The zero-order chi connectivity index (χ0) is 14.5. The van der Waals surface area contributed by atoms with Gasteiger partial charge in [0.05, 0.1) is 12.0 Å². The van der Waals surface area contributed by atoms with Crippen LogP contribution in [0.2, 0.25) is 0 Å². The van der Waals surface area contributed by atoms with E-state index in [2.05, 4.69) is 0 Å². The van der Waals surface area contributed by atoms with E-state index in [4.69, 9.17) is 16.3 Å². The maximum absolute atomic E-state index is 13.6. The van der Waals surface area contributed by atoms with Crippen molar-refractivity contribution in [2.24, 2.45) is 0 Å². The summed E-state index contributed by atoms with van der Waals surface area (Å²) in [6, 6.07) is 11.0. The fourth-order valence-corrected chi connectivity index (χ4v) is 2.26. The minimum absolute atomic E-state index is 0.0152. The molecule has 0 aliphatic rings. The molecule has 0 saturated carbocycles.